The average Bonchev–Trinajstić information content (AvgIpc) is 3.49. The number of carbonyl (C=O) groups is 2. The van der Waals surface area contributed by atoms with E-state index in [-0.39, 0.29) is 31.1 Å². The van der Waals surface area contributed by atoms with E-state index in [9.17, 15) is 39.5 Å². The fraction of sp³-hybridized carbons (Fsp3) is 0.872. The van der Waals surface area contributed by atoms with Gasteiger partial charge in [-0.15, -0.1) is 0 Å². The van der Waals surface area contributed by atoms with Crippen LogP contribution in [0, 0.1) is 17.8 Å². The summed E-state index contributed by atoms with van der Waals surface area (Å²) in [6.45, 7) is 4.36. The Morgan fingerprint density at radius 1 is 0.705 bits per heavy atom. The van der Waals surface area contributed by atoms with E-state index in [0.29, 0.717) is 32.1 Å². The molecule has 1 aliphatic carbocycles. The van der Waals surface area contributed by atoms with Crippen LogP contribution in [0.1, 0.15) is 188 Å². The zero-order chi connectivity index (χ0) is 45.1. The van der Waals surface area contributed by atoms with Gasteiger partial charge in [0.1, 0.15) is 12.7 Å². The van der Waals surface area contributed by atoms with Crippen LogP contribution in [0.5, 0.6) is 0 Å². The van der Waals surface area contributed by atoms with Gasteiger partial charge in [-0.3, -0.25) is 18.6 Å². The lowest BCUT2D eigenvalue weighted by molar-refractivity contribution is -0.161. The van der Waals surface area contributed by atoms with Crippen molar-refractivity contribution in [3.05, 3.63) is 24.3 Å². The van der Waals surface area contributed by atoms with Crippen molar-refractivity contribution in [1.29, 1.82) is 0 Å². The highest BCUT2D eigenvalue weighted by atomic mass is 31.2. The second kappa shape index (κ2) is 36.6. The minimum absolute atomic E-state index is 0.0668. The third-order valence-corrected chi connectivity index (χ3v) is 12.3. The van der Waals surface area contributed by atoms with Gasteiger partial charge < -0.3 is 39.9 Å². The summed E-state index contributed by atoms with van der Waals surface area (Å²) in [6, 6.07) is 0. The number of unbranched alkanes of at least 4 members (excludes halogenated alkanes) is 17. The van der Waals surface area contributed by atoms with Crippen LogP contribution in [0.2, 0.25) is 0 Å². The molecule has 0 aliphatic heterocycles. The molecule has 1 fully saturated rings. The minimum atomic E-state index is -4.68. The Bertz CT molecular complexity index is 1200. The van der Waals surface area contributed by atoms with Gasteiger partial charge in [-0.25, -0.2) is 4.57 Å². The second-order valence-electron chi connectivity index (χ2n) is 17.6. The summed E-state index contributed by atoms with van der Waals surface area (Å²) < 4.78 is 32.8. The normalized spacial score (nSPS) is 20.7. The summed E-state index contributed by atoms with van der Waals surface area (Å²) >= 11 is 0. The Morgan fingerprint density at radius 2 is 1.26 bits per heavy atom. The number of ether oxygens (including phenoxy) is 2. The van der Waals surface area contributed by atoms with Crippen LogP contribution in [-0.4, -0.2) is 99.3 Å². The van der Waals surface area contributed by atoms with Gasteiger partial charge in [0.15, 0.2) is 6.10 Å². The van der Waals surface area contributed by atoms with Crippen molar-refractivity contribution in [1.82, 2.24) is 0 Å². The van der Waals surface area contributed by atoms with Gasteiger partial charge >= 0.3 is 19.8 Å². The Morgan fingerprint density at radius 3 is 1.85 bits per heavy atom. The van der Waals surface area contributed by atoms with Crippen molar-refractivity contribution in [3.63, 3.8) is 0 Å². The lowest BCUT2D eigenvalue weighted by Crippen LogP contribution is -2.29. The van der Waals surface area contributed by atoms with Gasteiger partial charge in [-0.2, -0.15) is 0 Å². The number of rotatable bonds is 40. The molecule has 0 radical (unpaired) electrons. The Hall–Kier alpha value is -1.67. The number of esters is 2. The van der Waals surface area contributed by atoms with Crippen LogP contribution in [0.15, 0.2) is 24.3 Å². The van der Waals surface area contributed by atoms with Crippen LogP contribution in [-0.2, 0) is 32.7 Å². The monoisotopic (exact) mass is 891 g/mol. The predicted octanol–water partition coefficient (Wildman–Crippen LogP) is 9.19. The number of aliphatic hydroxyl groups excluding tert-OH is 5. The molecule has 1 unspecified atom stereocenters. The van der Waals surface area contributed by atoms with E-state index in [4.69, 9.17) is 19.1 Å². The fourth-order valence-electron chi connectivity index (χ4n) is 7.58. The molecular formula is C47H87O13P. The molecule has 358 valence electrons. The molecule has 0 saturated heterocycles. The van der Waals surface area contributed by atoms with Crippen LogP contribution in [0.25, 0.3) is 0 Å². The molecular weight excluding hydrogens is 803 g/mol. The highest BCUT2D eigenvalue weighted by Gasteiger charge is 2.39. The SMILES string of the molecule is CCCCC[C@H](O)/C=C/[C@@H]1[C@@H](C/C=C/CCCC(=O)OC[C@H](COP(=O)(O)OC[C@@H](O)CO)OC(=O)CCCCCCCCCCCCCCCCCC(C)C)[C@@H](O)C[C@H]1O. The third-order valence-electron chi connectivity index (χ3n) is 11.4. The number of aliphatic hydroxyl groups is 5. The highest BCUT2D eigenvalue weighted by Crippen LogP contribution is 2.43. The molecule has 1 aliphatic rings. The van der Waals surface area contributed by atoms with Gasteiger partial charge in [-0.05, 0) is 43.9 Å². The molecule has 61 heavy (non-hydrogen) atoms. The van der Waals surface area contributed by atoms with E-state index in [1.165, 1.54) is 77.0 Å². The van der Waals surface area contributed by atoms with Crippen LogP contribution in [0.3, 0.4) is 0 Å². The third kappa shape index (κ3) is 31.8. The number of allylic oxidation sites excluding steroid dienone is 2. The van der Waals surface area contributed by atoms with Crippen molar-refractivity contribution in [2.45, 2.75) is 218 Å². The van der Waals surface area contributed by atoms with E-state index in [1.807, 2.05) is 18.2 Å². The van der Waals surface area contributed by atoms with Gasteiger partial charge in [0.25, 0.3) is 0 Å². The van der Waals surface area contributed by atoms with Crippen molar-refractivity contribution in [2.24, 2.45) is 17.8 Å². The Kier molecular flexibility index (Phi) is 34.5. The van der Waals surface area contributed by atoms with Gasteiger partial charge in [-0.1, -0.05) is 161 Å². The van der Waals surface area contributed by atoms with Crippen molar-refractivity contribution >= 4 is 19.8 Å². The Balaban J connectivity index is 2.41. The molecule has 0 aromatic rings. The molecule has 0 spiro atoms. The number of phosphoric acid groups is 1. The first-order chi connectivity index (χ1) is 29.3. The maximum absolute atomic E-state index is 12.7. The first-order valence-corrected chi connectivity index (χ1v) is 25.4. The van der Waals surface area contributed by atoms with Crippen LogP contribution < -0.4 is 0 Å². The number of hydrogen-bond acceptors (Lipinski definition) is 12. The quantitative estimate of drug-likeness (QED) is 0.0147. The fourth-order valence-corrected chi connectivity index (χ4v) is 8.37. The Labute approximate surface area is 368 Å². The summed E-state index contributed by atoms with van der Waals surface area (Å²) in [5.74, 6) is -0.729. The van der Waals surface area contributed by atoms with Gasteiger partial charge in [0.2, 0.25) is 0 Å². The van der Waals surface area contributed by atoms with Crippen LogP contribution >= 0.6 is 7.82 Å². The molecule has 6 N–H and O–H groups in total. The average molecular weight is 891 g/mol. The summed E-state index contributed by atoms with van der Waals surface area (Å²) in [5.41, 5.74) is 0. The van der Waals surface area contributed by atoms with E-state index >= 15 is 0 Å². The van der Waals surface area contributed by atoms with Gasteiger partial charge in [0.05, 0.1) is 38.1 Å². The van der Waals surface area contributed by atoms with Crippen molar-refractivity contribution in [3.8, 4) is 0 Å². The lowest BCUT2D eigenvalue weighted by Gasteiger charge is -2.20. The van der Waals surface area contributed by atoms with Crippen molar-refractivity contribution < 1.29 is 63.1 Å². The topological polar surface area (TPSA) is 210 Å². The van der Waals surface area contributed by atoms with Crippen LogP contribution in [0.4, 0.5) is 0 Å². The summed E-state index contributed by atoms with van der Waals surface area (Å²) in [5, 5.41) is 49.7. The van der Waals surface area contributed by atoms with Gasteiger partial charge in [0, 0.05) is 25.2 Å². The summed E-state index contributed by atoms with van der Waals surface area (Å²) in [7, 11) is -4.68. The van der Waals surface area contributed by atoms with E-state index in [0.717, 1.165) is 44.4 Å². The summed E-state index contributed by atoms with van der Waals surface area (Å²) in [4.78, 5) is 35.3. The molecule has 14 heteroatoms. The number of carbonyl (C=O) groups excluding carboxylic acids is 2. The van der Waals surface area contributed by atoms with E-state index in [2.05, 4.69) is 25.3 Å². The molecule has 0 heterocycles. The molecule has 0 aromatic carbocycles. The molecule has 0 aromatic heterocycles. The molecule has 1 saturated carbocycles. The smallest absolute Gasteiger partial charge is 0.462 e. The molecule has 0 bridgehead atoms. The highest BCUT2D eigenvalue weighted by molar-refractivity contribution is 7.47. The molecule has 0 amide bonds. The first-order valence-electron chi connectivity index (χ1n) is 23.9. The van der Waals surface area contributed by atoms with E-state index in [1.54, 1.807) is 6.08 Å². The standard InChI is InChI=1S/C47H87O13P/c1-4-5-21-27-39(49)31-32-43-42(44(51)33-45(43)52)28-23-19-20-24-29-46(53)57-36-41(37-59-61(55,56)58-35-40(50)34-48)60-47(54)30-25-18-16-14-12-10-8-6-7-9-11-13-15-17-22-26-38(2)3/h19,23,31-32,38-45,48-52H,4-18,20-22,24-30,33-37H2,1-3H3,(H,55,56)/b23-19+,32-31+/t39-,40-,41+,42+,43+,44-,45+/m0/s1. The number of hydrogen-bond donors (Lipinski definition) is 6. The maximum atomic E-state index is 12.7. The summed E-state index contributed by atoms with van der Waals surface area (Å²) in [6.07, 6.45) is 28.1. The maximum Gasteiger partial charge on any atom is 0.472 e. The minimum Gasteiger partial charge on any atom is -0.462 e. The number of phosphoric ester groups is 1. The second-order valence-corrected chi connectivity index (χ2v) is 19.0. The molecule has 1 rings (SSSR count). The molecule has 13 nitrogen and oxygen atoms in total. The zero-order valence-electron chi connectivity index (χ0n) is 38.1. The van der Waals surface area contributed by atoms with Crippen molar-refractivity contribution in [2.75, 3.05) is 26.4 Å². The predicted molar refractivity (Wildman–Crippen MR) is 239 cm³/mol. The van der Waals surface area contributed by atoms with E-state index < -0.39 is 76.7 Å². The largest absolute Gasteiger partial charge is 0.472 e. The lowest BCUT2D eigenvalue weighted by atomic mass is 9.89. The first kappa shape index (κ1) is 57.3. The molecule has 8 atom stereocenters. The zero-order valence-corrected chi connectivity index (χ0v) is 39.0.